The first-order valence-electron chi connectivity index (χ1n) is 9.21. The number of nitrogens with one attached hydrogen (secondary N) is 1. The minimum Gasteiger partial charge on any atom is -0.370 e. The summed E-state index contributed by atoms with van der Waals surface area (Å²) in [7, 11) is 0. The lowest BCUT2D eigenvalue weighted by Crippen LogP contribution is -2.47. The van der Waals surface area contributed by atoms with E-state index in [1.807, 2.05) is 37.3 Å². The van der Waals surface area contributed by atoms with Crippen LogP contribution in [0.15, 0.2) is 40.2 Å². The number of ether oxygens (including phenoxy) is 1. The van der Waals surface area contributed by atoms with Gasteiger partial charge in [-0.05, 0) is 59.3 Å². The Balaban J connectivity index is 1.46. The molecule has 0 saturated carbocycles. The Morgan fingerprint density at radius 3 is 2.41 bits per heavy atom. The smallest absolute Gasteiger partial charge is 0.261 e. The maximum atomic E-state index is 12.6. The van der Waals surface area contributed by atoms with E-state index in [0.29, 0.717) is 24.6 Å². The van der Waals surface area contributed by atoms with Crippen LogP contribution >= 0.6 is 27.3 Å². The van der Waals surface area contributed by atoms with Crippen molar-refractivity contribution in [3.8, 4) is 0 Å². The maximum Gasteiger partial charge on any atom is 0.261 e. The number of rotatable bonds is 4. The molecule has 152 valence electrons. The van der Waals surface area contributed by atoms with Crippen molar-refractivity contribution in [2.24, 2.45) is 0 Å². The Labute approximate surface area is 180 Å². The first-order valence-corrected chi connectivity index (χ1v) is 10.8. The van der Waals surface area contributed by atoms with Gasteiger partial charge in [0.15, 0.2) is 0 Å². The van der Waals surface area contributed by atoms with Gasteiger partial charge in [-0.2, -0.15) is 0 Å². The van der Waals surface area contributed by atoms with Crippen LogP contribution in [0.5, 0.6) is 0 Å². The summed E-state index contributed by atoms with van der Waals surface area (Å²) in [5.74, 6) is -0.300. The van der Waals surface area contributed by atoms with Gasteiger partial charge in [-0.3, -0.25) is 14.4 Å². The van der Waals surface area contributed by atoms with Crippen molar-refractivity contribution in [2.45, 2.75) is 18.9 Å². The lowest BCUT2D eigenvalue weighted by atomic mass is 10.0. The van der Waals surface area contributed by atoms with Crippen LogP contribution in [-0.4, -0.2) is 49.6 Å². The van der Waals surface area contributed by atoms with Crippen LogP contribution in [0.2, 0.25) is 0 Å². The van der Waals surface area contributed by atoms with E-state index < -0.39 is 5.54 Å². The SMILES string of the molecule is CC1(NC(=O)c2ccc(Br)s2)CC(=O)N(c2ccc(N3CCOCC3=O)cc2)C1. The fourth-order valence-electron chi connectivity index (χ4n) is 3.62. The monoisotopic (exact) mass is 477 g/mol. The molecule has 1 aromatic carbocycles. The van der Waals surface area contributed by atoms with E-state index in [4.69, 9.17) is 4.74 Å². The highest BCUT2D eigenvalue weighted by atomic mass is 79.9. The Morgan fingerprint density at radius 1 is 1.10 bits per heavy atom. The quantitative estimate of drug-likeness (QED) is 0.733. The number of carbonyl (C=O) groups is 3. The number of amides is 3. The van der Waals surface area contributed by atoms with Crippen LogP contribution < -0.4 is 15.1 Å². The molecule has 2 aliphatic rings. The number of hydrogen-bond acceptors (Lipinski definition) is 5. The number of nitrogens with zero attached hydrogens (tertiary/aromatic N) is 2. The number of carbonyl (C=O) groups excluding carboxylic acids is 3. The normalized spacial score (nSPS) is 22.3. The summed E-state index contributed by atoms with van der Waals surface area (Å²) < 4.78 is 6.04. The predicted octanol–water partition coefficient (Wildman–Crippen LogP) is 2.80. The standard InChI is InChI=1S/C20H20BrN3O4S/c1-20(22-19(27)15-6-7-16(21)29-15)10-17(25)24(12-20)14-4-2-13(3-5-14)23-8-9-28-11-18(23)26/h2-7H,8-12H2,1H3,(H,22,27). The molecule has 3 amide bonds. The van der Waals surface area contributed by atoms with Crippen molar-refractivity contribution in [3.05, 3.63) is 45.1 Å². The third-order valence-electron chi connectivity index (χ3n) is 5.02. The molecule has 0 spiro atoms. The molecule has 4 rings (SSSR count). The molecular weight excluding hydrogens is 458 g/mol. The van der Waals surface area contributed by atoms with Crippen molar-refractivity contribution in [1.29, 1.82) is 0 Å². The average molecular weight is 478 g/mol. The molecule has 7 nitrogen and oxygen atoms in total. The van der Waals surface area contributed by atoms with E-state index in [-0.39, 0.29) is 30.7 Å². The van der Waals surface area contributed by atoms with Gasteiger partial charge in [-0.1, -0.05) is 0 Å². The molecule has 1 aromatic heterocycles. The summed E-state index contributed by atoms with van der Waals surface area (Å²) in [6, 6.07) is 10.9. The number of hydrogen-bond donors (Lipinski definition) is 1. The molecule has 2 saturated heterocycles. The number of morpholine rings is 1. The van der Waals surface area contributed by atoms with Crippen molar-refractivity contribution >= 4 is 56.4 Å². The fourth-order valence-corrected chi connectivity index (χ4v) is 4.90. The topological polar surface area (TPSA) is 79.0 Å². The number of benzene rings is 1. The van der Waals surface area contributed by atoms with Crippen LogP contribution in [0, 0.1) is 0 Å². The van der Waals surface area contributed by atoms with Crippen LogP contribution in [-0.2, 0) is 14.3 Å². The van der Waals surface area contributed by atoms with Crippen LogP contribution in [0.1, 0.15) is 23.0 Å². The third-order valence-corrected chi connectivity index (χ3v) is 6.64. The predicted molar refractivity (Wildman–Crippen MR) is 114 cm³/mol. The van der Waals surface area contributed by atoms with Crippen molar-refractivity contribution in [1.82, 2.24) is 5.32 Å². The summed E-state index contributed by atoms with van der Waals surface area (Å²) in [6.07, 6.45) is 0.231. The van der Waals surface area contributed by atoms with E-state index >= 15 is 0 Å². The van der Waals surface area contributed by atoms with Crippen LogP contribution in [0.25, 0.3) is 0 Å². The van der Waals surface area contributed by atoms with E-state index in [9.17, 15) is 14.4 Å². The second-order valence-corrected chi connectivity index (χ2v) is 9.85. The summed E-state index contributed by atoms with van der Waals surface area (Å²) in [5, 5.41) is 3.01. The van der Waals surface area contributed by atoms with Gasteiger partial charge < -0.3 is 19.9 Å². The maximum absolute atomic E-state index is 12.6. The Kier molecular flexibility index (Phi) is 5.46. The van der Waals surface area contributed by atoms with Gasteiger partial charge in [0.2, 0.25) is 5.91 Å². The molecule has 2 fully saturated rings. The van der Waals surface area contributed by atoms with E-state index in [1.54, 1.807) is 15.9 Å². The van der Waals surface area contributed by atoms with E-state index in [1.165, 1.54) is 11.3 Å². The molecule has 2 aromatic rings. The van der Waals surface area contributed by atoms with E-state index in [0.717, 1.165) is 15.2 Å². The highest BCUT2D eigenvalue weighted by Gasteiger charge is 2.41. The summed E-state index contributed by atoms with van der Waals surface area (Å²) in [4.78, 5) is 41.1. The molecule has 0 aliphatic carbocycles. The average Bonchev–Trinajstić information content (AvgIpc) is 3.25. The van der Waals surface area contributed by atoms with Gasteiger partial charge >= 0.3 is 0 Å². The number of halogens is 1. The second-order valence-electron chi connectivity index (χ2n) is 7.39. The minimum absolute atomic E-state index is 0.0460. The molecule has 2 aliphatic heterocycles. The first-order chi connectivity index (χ1) is 13.8. The summed E-state index contributed by atoms with van der Waals surface area (Å²) in [6.45, 7) is 3.39. The van der Waals surface area contributed by atoms with Crippen LogP contribution in [0.4, 0.5) is 11.4 Å². The highest BCUT2D eigenvalue weighted by Crippen LogP contribution is 2.30. The van der Waals surface area contributed by atoms with Gasteiger partial charge in [0, 0.05) is 24.5 Å². The molecule has 9 heteroatoms. The molecule has 1 N–H and O–H groups in total. The molecule has 1 unspecified atom stereocenters. The minimum atomic E-state index is -0.649. The van der Waals surface area contributed by atoms with Gasteiger partial charge in [0.05, 0.1) is 27.2 Å². The Hall–Kier alpha value is -2.23. The first kappa shape index (κ1) is 20.1. The number of anilines is 2. The molecule has 29 heavy (non-hydrogen) atoms. The molecular formula is C20H20BrN3O4S. The van der Waals surface area contributed by atoms with Gasteiger partial charge in [-0.15, -0.1) is 11.3 Å². The second kappa shape index (κ2) is 7.89. The Morgan fingerprint density at radius 2 is 1.79 bits per heavy atom. The number of thiophene rings is 1. The zero-order chi connectivity index (χ0) is 20.6. The molecule has 0 bridgehead atoms. The van der Waals surface area contributed by atoms with Crippen LogP contribution in [0.3, 0.4) is 0 Å². The van der Waals surface area contributed by atoms with Crippen molar-refractivity contribution < 1.29 is 19.1 Å². The zero-order valence-corrected chi connectivity index (χ0v) is 18.2. The van der Waals surface area contributed by atoms with E-state index in [2.05, 4.69) is 21.2 Å². The zero-order valence-electron chi connectivity index (χ0n) is 15.8. The fraction of sp³-hybridized carbons (Fsp3) is 0.350. The van der Waals surface area contributed by atoms with Crippen molar-refractivity contribution in [2.75, 3.05) is 36.1 Å². The summed E-state index contributed by atoms with van der Waals surface area (Å²) >= 11 is 4.72. The highest BCUT2D eigenvalue weighted by molar-refractivity contribution is 9.11. The van der Waals surface area contributed by atoms with Gasteiger partial charge in [0.25, 0.3) is 11.8 Å². The molecule has 3 heterocycles. The van der Waals surface area contributed by atoms with Gasteiger partial charge in [-0.25, -0.2) is 0 Å². The summed E-state index contributed by atoms with van der Waals surface area (Å²) in [5.41, 5.74) is 0.882. The molecule has 1 atom stereocenters. The van der Waals surface area contributed by atoms with Gasteiger partial charge in [0.1, 0.15) is 6.61 Å². The lowest BCUT2D eigenvalue weighted by Gasteiger charge is -2.28. The largest absolute Gasteiger partial charge is 0.370 e. The van der Waals surface area contributed by atoms with Crippen molar-refractivity contribution in [3.63, 3.8) is 0 Å². The third kappa shape index (κ3) is 4.22. The molecule has 0 radical (unpaired) electrons. The Bertz CT molecular complexity index is 961. The lowest BCUT2D eigenvalue weighted by molar-refractivity contribution is -0.125.